The molecule has 0 atom stereocenters. The summed E-state index contributed by atoms with van der Waals surface area (Å²) in [5.41, 5.74) is 2.50. The number of nitrogens with one attached hydrogen (secondary N) is 1. The smallest absolute Gasteiger partial charge is 0.248 e. The van der Waals surface area contributed by atoms with E-state index in [-0.39, 0.29) is 5.82 Å². The number of rotatable bonds is 4. The van der Waals surface area contributed by atoms with Crippen LogP contribution >= 0.6 is 15.9 Å². The maximum Gasteiger partial charge on any atom is 0.248 e. The Morgan fingerprint density at radius 1 is 1.18 bits per heavy atom. The van der Waals surface area contributed by atoms with Crippen LogP contribution in [0.25, 0.3) is 11.5 Å². The van der Waals surface area contributed by atoms with Crippen LogP contribution in [0.1, 0.15) is 11.5 Å². The van der Waals surface area contributed by atoms with Gasteiger partial charge in [0, 0.05) is 10.2 Å². The lowest BCUT2D eigenvalue weighted by Crippen LogP contribution is -2.01. The van der Waals surface area contributed by atoms with Crippen LogP contribution in [0.3, 0.4) is 0 Å². The summed E-state index contributed by atoms with van der Waals surface area (Å²) in [6, 6.07) is 12.2. The second-order valence-electron chi connectivity index (χ2n) is 4.79. The monoisotopic (exact) mass is 361 g/mol. The number of anilines is 1. The first-order valence-corrected chi connectivity index (χ1v) is 7.50. The van der Waals surface area contributed by atoms with Gasteiger partial charge in [0.15, 0.2) is 0 Å². The Morgan fingerprint density at radius 2 is 2.00 bits per heavy atom. The van der Waals surface area contributed by atoms with Crippen molar-refractivity contribution in [3.05, 3.63) is 64.2 Å². The second kappa shape index (κ2) is 6.27. The fraction of sp³-hybridized carbons (Fsp3) is 0.125. The van der Waals surface area contributed by atoms with E-state index < -0.39 is 0 Å². The lowest BCUT2D eigenvalue weighted by Gasteiger charge is -2.07. The Labute approximate surface area is 135 Å². The molecule has 22 heavy (non-hydrogen) atoms. The molecule has 1 N–H and O–H groups in total. The van der Waals surface area contributed by atoms with Gasteiger partial charge in [-0.2, -0.15) is 0 Å². The van der Waals surface area contributed by atoms with Crippen molar-refractivity contribution >= 4 is 21.6 Å². The number of aryl methyl sites for hydroxylation is 1. The zero-order valence-corrected chi connectivity index (χ0v) is 13.4. The summed E-state index contributed by atoms with van der Waals surface area (Å²) in [7, 11) is 0. The van der Waals surface area contributed by atoms with Crippen molar-refractivity contribution in [3.8, 4) is 11.5 Å². The largest absolute Gasteiger partial charge is 0.419 e. The highest BCUT2D eigenvalue weighted by molar-refractivity contribution is 9.10. The Balaban J connectivity index is 1.75. The van der Waals surface area contributed by atoms with Gasteiger partial charge < -0.3 is 9.73 Å². The summed E-state index contributed by atoms with van der Waals surface area (Å²) < 4.78 is 19.8. The van der Waals surface area contributed by atoms with Gasteiger partial charge in [-0.1, -0.05) is 18.2 Å². The third-order valence-corrected chi connectivity index (χ3v) is 3.89. The summed E-state index contributed by atoms with van der Waals surface area (Å²) in [5, 5.41) is 11.1. The van der Waals surface area contributed by atoms with Crippen molar-refractivity contribution in [1.82, 2.24) is 10.2 Å². The minimum absolute atomic E-state index is 0.285. The molecule has 6 heteroatoms. The SMILES string of the molecule is Cc1ccc(F)cc1NCc1nnc(-c2ccccc2Br)o1. The normalized spacial score (nSPS) is 10.7. The Bertz CT molecular complexity index is 804. The van der Waals surface area contributed by atoms with Gasteiger partial charge in [-0.3, -0.25) is 0 Å². The Kier molecular flexibility index (Phi) is 4.20. The molecule has 0 saturated heterocycles. The second-order valence-corrected chi connectivity index (χ2v) is 5.65. The predicted molar refractivity (Wildman–Crippen MR) is 85.9 cm³/mol. The van der Waals surface area contributed by atoms with E-state index in [0.717, 1.165) is 15.6 Å². The van der Waals surface area contributed by atoms with Crippen molar-refractivity contribution < 1.29 is 8.81 Å². The third kappa shape index (κ3) is 3.17. The number of hydrogen-bond acceptors (Lipinski definition) is 4. The van der Waals surface area contributed by atoms with Crippen LogP contribution < -0.4 is 5.32 Å². The van der Waals surface area contributed by atoms with Gasteiger partial charge in [-0.15, -0.1) is 10.2 Å². The van der Waals surface area contributed by atoms with Crippen LogP contribution in [0.15, 0.2) is 51.4 Å². The van der Waals surface area contributed by atoms with E-state index >= 15 is 0 Å². The van der Waals surface area contributed by atoms with Crippen molar-refractivity contribution in [3.63, 3.8) is 0 Å². The van der Waals surface area contributed by atoms with Gasteiger partial charge in [0.2, 0.25) is 11.8 Å². The molecular weight excluding hydrogens is 349 g/mol. The molecule has 4 nitrogen and oxygen atoms in total. The third-order valence-electron chi connectivity index (χ3n) is 3.20. The molecule has 0 bridgehead atoms. The van der Waals surface area contributed by atoms with Crippen LogP contribution in [0, 0.1) is 12.7 Å². The summed E-state index contributed by atoms with van der Waals surface area (Å²) in [5.74, 6) is 0.599. The summed E-state index contributed by atoms with van der Waals surface area (Å²) in [4.78, 5) is 0. The van der Waals surface area contributed by atoms with E-state index in [1.165, 1.54) is 12.1 Å². The maximum absolute atomic E-state index is 13.2. The molecule has 0 saturated carbocycles. The van der Waals surface area contributed by atoms with E-state index in [1.54, 1.807) is 6.07 Å². The topological polar surface area (TPSA) is 51.0 Å². The van der Waals surface area contributed by atoms with Crippen LogP contribution in [0.2, 0.25) is 0 Å². The van der Waals surface area contributed by atoms with Gasteiger partial charge in [-0.05, 0) is 52.7 Å². The van der Waals surface area contributed by atoms with Crippen LogP contribution in [0.4, 0.5) is 10.1 Å². The molecule has 0 fully saturated rings. The lowest BCUT2D eigenvalue weighted by atomic mass is 10.2. The van der Waals surface area contributed by atoms with E-state index in [2.05, 4.69) is 31.4 Å². The summed E-state index contributed by atoms with van der Waals surface area (Å²) in [6.07, 6.45) is 0. The van der Waals surface area contributed by atoms with E-state index in [9.17, 15) is 4.39 Å². The van der Waals surface area contributed by atoms with Gasteiger partial charge in [0.25, 0.3) is 0 Å². The number of nitrogens with zero attached hydrogens (tertiary/aromatic N) is 2. The number of hydrogen-bond donors (Lipinski definition) is 1. The molecule has 3 aromatic rings. The van der Waals surface area contributed by atoms with Gasteiger partial charge >= 0.3 is 0 Å². The van der Waals surface area contributed by atoms with Crippen LogP contribution in [-0.4, -0.2) is 10.2 Å². The molecule has 0 aliphatic carbocycles. The molecule has 0 aliphatic rings. The fourth-order valence-corrected chi connectivity index (χ4v) is 2.48. The minimum Gasteiger partial charge on any atom is -0.419 e. The maximum atomic E-state index is 13.2. The van der Waals surface area contributed by atoms with Gasteiger partial charge in [0.05, 0.1) is 12.1 Å². The van der Waals surface area contributed by atoms with Crippen molar-refractivity contribution in [2.24, 2.45) is 0 Å². The Morgan fingerprint density at radius 3 is 2.82 bits per heavy atom. The molecule has 3 rings (SSSR count). The molecule has 0 unspecified atom stereocenters. The first-order chi connectivity index (χ1) is 10.6. The molecule has 0 amide bonds. The van der Waals surface area contributed by atoms with Gasteiger partial charge in [0.1, 0.15) is 5.82 Å². The minimum atomic E-state index is -0.285. The summed E-state index contributed by atoms with van der Waals surface area (Å²) >= 11 is 3.45. The summed E-state index contributed by atoms with van der Waals surface area (Å²) in [6.45, 7) is 2.24. The highest BCUT2D eigenvalue weighted by Gasteiger charge is 2.11. The number of aromatic nitrogens is 2. The highest BCUT2D eigenvalue weighted by Crippen LogP contribution is 2.26. The first-order valence-electron chi connectivity index (χ1n) is 6.71. The predicted octanol–water partition coefficient (Wildman–Crippen LogP) is 4.56. The molecule has 0 spiro atoms. The van der Waals surface area contributed by atoms with Crippen molar-refractivity contribution in [2.45, 2.75) is 13.5 Å². The Hall–Kier alpha value is -2.21. The van der Waals surface area contributed by atoms with E-state index in [4.69, 9.17) is 4.42 Å². The molecule has 112 valence electrons. The molecule has 1 heterocycles. The zero-order chi connectivity index (χ0) is 15.5. The zero-order valence-electron chi connectivity index (χ0n) is 11.8. The molecule has 2 aromatic carbocycles. The van der Waals surface area contributed by atoms with Crippen LogP contribution in [0.5, 0.6) is 0 Å². The first kappa shape index (κ1) is 14.7. The molecule has 1 aromatic heterocycles. The van der Waals surface area contributed by atoms with Crippen molar-refractivity contribution in [2.75, 3.05) is 5.32 Å². The quantitative estimate of drug-likeness (QED) is 0.739. The molecular formula is C16H13BrFN3O. The average Bonchev–Trinajstić information content (AvgIpc) is 2.97. The van der Waals surface area contributed by atoms with E-state index in [1.807, 2.05) is 31.2 Å². The standard InChI is InChI=1S/C16H13BrFN3O/c1-10-6-7-11(18)8-14(10)19-9-15-20-21-16(22-15)12-4-2-3-5-13(12)17/h2-8,19H,9H2,1H3. The molecule has 0 aliphatic heterocycles. The number of halogens is 2. The van der Waals surface area contributed by atoms with Gasteiger partial charge in [-0.25, -0.2) is 4.39 Å². The lowest BCUT2D eigenvalue weighted by molar-refractivity contribution is 0.514. The van der Waals surface area contributed by atoms with E-state index in [0.29, 0.717) is 24.0 Å². The van der Waals surface area contributed by atoms with Crippen molar-refractivity contribution in [1.29, 1.82) is 0 Å². The number of benzene rings is 2. The highest BCUT2D eigenvalue weighted by atomic mass is 79.9. The average molecular weight is 362 g/mol. The fourth-order valence-electron chi connectivity index (χ4n) is 2.02. The molecule has 0 radical (unpaired) electrons. The van der Waals surface area contributed by atoms with Crippen LogP contribution in [-0.2, 0) is 6.54 Å².